The van der Waals surface area contributed by atoms with Crippen LogP contribution in [-0.2, 0) is 0 Å². The van der Waals surface area contributed by atoms with E-state index in [9.17, 15) is 4.39 Å². The molecule has 0 aliphatic carbocycles. The van der Waals surface area contributed by atoms with Crippen LogP contribution in [0.4, 0.5) is 4.39 Å². The largest absolute Gasteiger partial charge is 0.491 e. The standard InChI is InChI=1S/C17H16FNO2/c1-19-15(11-20-13-7-3-2-4-8-13)16-10-12-6-5-9-14(18)17(12)21-16/h2-10,15,19H,11H2,1H3. The molecule has 1 aromatic heterocycles. The molecule has 0 saturated heterocycles. The lowest BCUT2D eigenvalue weighted by Gasteiger charge is -2.14. The van der Waals surface area contributed by atoms with Crippen molar-refractivity contribution < 1.29 is 13.5 Å². The molecule has 0 aliphatic rings. The summed E-state index contributed by atoms with van der Waals surface area (Å²) in [5, 5.41) is 3.88. The number of ether oxygens (including phenoxy) is 1. The Hall–Kier alpha value is -2.33. The van der Waals surface area contributed by atoms with Crippen molar-refractivity contribution in [3.8, 4) is 5.75 Å². The molecule has 1 N–H and O–H groups in total. The summed E-state index contributed by atoms with van der Waals surface area (Å²) in [6, 6.07) is 16.2. The minimum atomic E-state index is -0.349. The van der Waals surface area contributed by atoms with Gasteiger partial charge in [-0.25, -0.2) is 4.39 Å². The monoisotopic (exact) mass is 285 g/mol. The van der Waals surface area contributed by atoms with Gasteiger partial charge in [-0.15, -0.1) is 0 Å². The van der Waals surface area contributed by atoms with Gasteiger partial charge in [-0.05, 0) is 31.3 Å². The predicted octanol–water partition coefficient (Wildman–Crippen LogP) is 3.91. The van der Waals surface area contributed by atoms with E-state index in [0.717, 1.165) is 11.1 Å². The van der Waals surface area contributed by atoms with Crippen molar-refractivity contribution in [1.29, 1.82) is 0 Å². The lowest BCUT2D eigenvalue weighted by atomic mass is 10.2. The molecule has 0 bridgehead atoms. The Morgan fingerprint density at radius 3 is 2.67 bits per heavy atom. The number of furan rings is 1. The Bertz CT molecular complexity index is 724. The number of benzene rings is 2. The Morgan fingerprint density at radius 2 is 1.95 bits per heavy atom. The minimum absolute atomic E-state index is 0.142. The van der Waals surface area contributed by atoms with Crippen LogP contribution in [-0.4, -0.2) is 13.7 Å². The lowest BCUT2D eigenvalue weighted by Crippen LogP contribution is -2.22. The summed E-state index contributed by atoms with van der Waals surface area (Å²) in [4.78, 5) is 0. The summed E-state index contributed by atoms with van der Waals surface area (Å²) < 4.78 is 25.0. The lowest BCUT2D eigenvalue weighted by molar-refractivity contribution is 0.255. The van der Waals surface area contributed by atoms with Gasteiger partial charge in [-0.2, -0.15) is 0 Å². The zero-order valence-electron chi connectivity index (χ0n) is 11.7. The predicted molar refractivity (Wildman–Crippen MR) is 79.9 cm³/mol. The highest BCUT2D eigenvalue weighted by atomic mass is 19.1. The fraction of sp³-hybridized carbons (Fsp3) is 0.176. The summed E-state index contributed by atoms with van der Waals surface area (Å²) >= 11 is 0. The van der Waals surface area contributed by atoms with Gasteiger partial charge in [0.2, 0.25) is 0 Å². The summed E-state index contributed by atoms with van der Waals surface area (Å²) in [7, 11) is 1.82. The van der Waals surface area contributed by atoms with Gasteiger partial charge in [-0.3, -0.25) is 0 Å². The topological polar surface area (TPSA) is 34.4 Å². The van der Waals surface area contributed by atoms with Crippen LogP contribution in [0.3, 0.4) is 0 Å². The Kier molecular flexibility index (Phi) is 3.88. The molecule has 4 heteroatoms. The van der Waals surface area contributed by atoms with E-state index in [1.165, 1.54) is 6.07 Å². The third-order valence-electron chi connectivity index (χ3n) is 3.37. The van der Waals surface area contributed by atoms with E-state index in [2.05, 4.69) is 5.32 Å². The van der Waals surface area contributed by atoms with Crippen LogP contribution in [0.5, 0.6) is 5.75 Å². The highest BCUT2D eigenvalue weighted by Crippen LogP contribution is 2.26. The second-order valence-electron chi connectivity index (χ2n) is 4.77. The van der Waals surface area contributed by atoms with E-state index in [-0.39, 0.29) is 17.4 Å². The fourth-order valence-corrected chi connectivity index (χ4v) is 2.22. The van der Waals surface area contributed by atoms with E-state index >= 15 is 0 Å². The van der Waals surface area contributed by atoms with Gasteiger partial charge < -0.3 is 14.5 Å². The van der Waals surface area contributed by atoms with Crippen molar-refractivity contribution >= 4 is 11.0 Å². The molecule has 3 aromatic rings. The number of likely N-dealkylation sites (N-methyl/N-ethyl adjacent to an activating group) is 1. The maximum Gasteiger partial charge on any atom is 0.169 e. The molecule has 0 radical (unpaired) electrons. The second-order valence-corrected chi connectivity index (χ2v) is 4.77. The second kappa shape index (κ2) is 5.97. The first kappa shape index (κ1) is 13.6. The highest BCUT2D eigenvalue weighted by Gasteiger charge is 2.17. The van der Waals surface area contributed by atoms with Crippen molar-refractivity contribution in [2.45, 2.75) is 6.04 Å². The summed E-state index contributed by atoms with van der Waals surface area (Å²) in [6.07, 6.45) is 0. The average Bonchev–Trinajstić information content (AvgIpc) is 2.94. The molecule has 1 atom stereocenters. The first-order valence-electron chi connectivity index (χ1n) is 6.81. The van der Waals surface area contributed by atoms with Crippen LogP contribution in [0.1, 0.15) is 11.8 Å². The van der Waals surface area contributed by atoms with Crippen molar-refractivity contribution in [3.05, 3.63) is 66.2 Å². The Labute approximate surface area is 122 Å². The van der Waals surface area contributed by atoms with Crippen LogP contribution in [0, 0.1) is 5.82 Å². The molecule has 0 aliphatic heterocycles. The van der Waals surface area contributed by atoms with E-state index in [4.69, 9.17) is 9.15 Å². The van der Waals surface area contributed by atoms with Gasteiger partial charge in [0, 0.05) is 5.39 Å². The molecule has 0 spiro atoms. The summed E-state index contributed by atoms with van der Waals surface area (Å²) in [6.45, 7) is 0.405. The molecule has 1 heterocycles. The maximum atomic E-state index is 13.7. The van der Waals surface area contributed by atoms with Gasteiger partial charge in [0.05, 0.1) is 6.04 Å². The molecule has 2 aromatic carbocycles. The summed E-state index contributed by atoms with van der Waals surface area (Å²) in [5.41, 5.74) is 0.285. The van der Waals surface area contributed by atoms with Crippen LogP contribution in [0.25, 0.3) is 11.0 Å². The molecule has 0 amide bonds. The van der Waals surface area contributed by atoms with E-state index in [1.807, 2.05) is 49.5 Å². The molecule has 3 rings (SSSR count). The molecular weight excluding hydrogens is 269 g/mol. The van der Waals surface area contributed by atoms with Gasteiger partial charge in [0.25, 0.3) is 0 Å². The number of halogens is 1. The molecule has 108 valence electrons. The number of rotatable bonds is 5. The number of nitrogens with one attached hydrogen (secondary N) is 1. The van der Waals surface area contributed by atoms with E-state index in [0.29, 0.717) is 12.4 Å². The van der Waals surface area contributed by atoms with Crippen LogP contribution >= 0.6 is 0 Å². The molecule has 1 unspecified atom stereocenters. The van der Waals surface area contributed by atoms with Crippen LogP contribution in [0.2, 0.25) is 0 Å². The number of para-hydroxylation sites is 2. The van der Waals surface area contributed by atoms with Crippen molar-refractivity contribution in [1.82, 2.24) is 5.32 Å². The van der Waals surface area contributed by atoms with Gasteiger partial charge in [0.15, 0.2) is 11.4 Å². The van der Waals surface area contributed by atoms with E-state index < -0.39 is 0 Å². The molecule has 0 fully saturated rings. The van der Waals surface area contributed by atoms with Crippen molar-refractivity contribution in [2.75, 3.05) is 13.7 Å². The highest BCUT2D eigenvalue weighted by molar-refractivity contribution is 5.78. The molecule has 21 heavy (non-hydrogen) atoms. The maximum absolute atomic E-state index is 13.7. The normalized spacial score (nSPS) is 12.5. The quantitative estimate of drug-likeness (QED) is 0.771. The molecular formula is C17H16FNO2. The number of hydrogen-bond donors (Lipinski definition) is 1. The van der Waals surface area contributed by atoms with Crippen LogP contribution in [0.15, 0.2) is 59.0 Å². The Balaban J connectivity index is 1.80. The number of hydrogen-bond acceptors (Lipinski definition) is 3. The average molecular weight is 285 g/mol. The van der Waals surface area contributed by atoms with Crippen LogP contribution < -0.4 is 10.1 Å². The van der Waals surface area contributed by atoms with Gasteiger partial charge in [0.1, 0.15) is 18.1 Å². The van der Waals surface area contributed by atoms with E-state index in [1.54, 1.807) is 6.07 Å². The SMILES string of the molecule is CNC(COc1ccccc1)c1cc2cccc(F)c2o1. The summed E-state index contributed by atoms with van der Waals surface area (Å²) in [5.74, 6) is 1.10. The zero-order chi connectivity index (χ0) is 14.7. The minimum Gasteiger partial charge on any atom is -0.491 e. The first-order valence-corrected chi connectivity index (χ1v) is 6.81. The number of fused-ring (bicyclic) bond motifs is 1. The van der Waals surface area contributed by atoms with Crippen molar-refractivity contribution in [2.24, 2.45) is 0 Å². The third kappa shape index (κ3) is 2.90. The fourth-order valence-electron chi connectivity index (χ4n) is 2.22. The first-order chi connectivity index (χ1) is 10.3. The molecule has 0 saturated carbocycles. The Morgan fingerprint density at radius 1 is 1.14 bits per heavy atom. The van der Waals surface area contributed by atoms with Gasteiger partial charge >= 0.3 is 0 Å². The smallest absolute Gasteiger partial charge is 0.169 e. The molecule has 3 nitrogen and oxygen atoms in total. The third-order valence-corrected chi connectivity index (χ3v) is 3.37. The zero-order valence-corrected chi connectivity index (χ0v) is 11.7. The van der Waals surface area contributed by atoms with Crippen molar-refractivity contribution in [3.63, 3.8) is 0 Å². The van der Waals surface area contributed by atoms with Gasteiger partial charge in [-0.1, -0.05) is 30.3 Å².